The molecule has 3 aromatic carbocycles. The van der Waals surface area contributed by atoms with Gasteiger partial charge in [-0.25, -0.2) is 8.78 Å². The van der Waals surface area contributed by atoms with Gasteiger partial charge in [0, 0.05) is 22.6 Å². The molecule has 0 fully saturated rings. The lowest BCUT2D eigenvalue weighted by Gasteiger charge is -2.18. The van der Waals surface area contributed by atoms with Crippen molar-refractivity contribution in [2.45, 2.75) is 19.1 Å². The summed E-state index contributed by atoms with van der Waals surface area (Å²) in [6.45, 7) is -0.297. The van der Waals surface area contributed by atoms with Crippen LogP contribution in [0.25, 0.3) is 0 Å². The third-order valence-corrected chi connectivity index (χ3v) is 5.38. The Morgan fingerprint density at radius 3 is 2.52 bits per heavy atom. The number of aliphatic hydroxyl groups is 2. The van der Waals surface area contributed by atoms with Gasteiger partial charge in [0.1, 0.15) is 22.9 Å². The fourth-order valence-corrected chi connectivity index (χ4v) is 3.48. The van der Waals surface area contributed by atoms with Gasteiger partial charge < -0.3 is 25.6 Å². The largest absolute Gasteiger partial charge is 0.492 e. The molecule has 174 valence electrons. The first kappa shape index (κ1) is 24.9. The summed E-state index contributed by atoms with van der Waals surface area (Å²) in [5.74, 6) is -1.87. The number of amides is 1. The van der Waals surface area contributed by atoms with Crippen molar-refractivity contribution in [3.8, 4) is 5.75 Å². The third-order valence-electron chi connectivity index (χ3n) is 4.71. The van der Waals surface area contributed by atoms with Gasteiger partial charge in [-0.05, 0) is 52.4 Å². The summed E-state index contributed by atoms with van der Waals surface area (Å²) < 4.78 is 35.1. The van der Waals surface area contributed by atoms with Crippen molar-refractivity contribution in [3.63, 3.8) is 0 Å². The molecular weight excluding hydrogens is 545 g/mol. The van der Waals surface area contributed by atoms with Crippen LogP contribution < -0.4 is 15.4 Å². The molecule has 0 radical (unpaired) electrons. The number of benzene rings is 3. The van der Waals surface area contributed by atoms with E-state index < -0.39 is 30.3 Å². The summed E-state index contributed by atoms with van der Waals surface area (Å²) in [5, 5.41) is 24.1. The van der Waals surface area contributed by atoms with Crippen molar-refractivity contribution in [3.05, 3.63) is 87.0 Å². The summed E-state index contributed by atoms with van der Waals surface area (Å²) in [5.41, 5.74) is 0.946. The first-order valence-electron chi connectivity index (χ1n) is 10.2. The standard InChI is InChI=1S/C24H23F2IN2O4/c25-16-10-21(29-20-7-6-17(27)12-19(20)26)23(22(11-16)33-9-8-18(31)14-30)24(32)28-13-15-4-2-1-3-5-15/h1-7,10-12,18,29-31H,8-9,13-14H2,(H,28,32)/t18-/m1/s1. The molecule has 3 aromatic rings. The molecule has 0 heterocycles. The number of rotatable bonds is 10. The van der Waals surface area contributed by atoms with E-state index >= 15 is 0 Å². The molecule has 33 heavy (non-hydrogen) atoms. The highest BCUT2D eigenvalue weighted by Gasteiger charge is 2.21. The Hall–Kier alpha value is -2.76. The molecule has 0 aliphatic carbocycles. The summed E-state index contributed by atoms with van der Waals surface area (Å²) >= 11 is 1.97. The van der Waals surface area contributed by atoms with E-state index in [2.05, 4.69) is 10.6 Å². The highest BCUT2D eigenvalue weighted by molar-refractivity contribution is 14.1. The van der Waals surface area contributed by atoms with Gasteiger partial charge in [-0.2, -0.15) is 0 Å². The second-order valence-corrected chi connectivity index (χ2v) is 8.46. The van der Waals surface area contributed by atoms with Crippen molar-refractivity contribution < 1.29 is 28.5 Å². The van der Waals surface area contributed by atoms with Crippen LogP contribution in [-0.2, 0) is 6.54 Å². The molecule has 6 nitrogen and oxygen atoms in total. The Morgan fingerprint density at radius 2 is 1.82 bits per heavy atom. The van der Waals surface area contributed by atoms with Crippen molar-refractivity contribution in [2.24, 2.45) is 0 Å². The number of nitrogens with one attached hydrogen (secondary N) is 2. The summed E-state index contributed by atoms with van der Waals surface area (Å²) in [4.78, 5) is 13.1. The number of anilines is 2. The predicted molar refractivity (Wildman–Crippen MR) is 130 cm³/mol. The molecule has 3 rings (SSSR count). The number of carbonyl (C=O) groups excluding carboxylic acids is 1. The minimum Gasteiger partial charge on any atom is -0.492 e. The Kier molecular flexibility index (Phi) is 8.98. The quantitative estimate of drug-likeness (QED) is 0.273. The van der Waals surface area contributed by atoms with Crippen LogP contribution in [0, 0.1) is 15.2 Å². The zero-order chi connectivity index (χ0) is 23.8. The minimum absolute atomic E-state index is 0.0104. The Morgan fingerprint density at radius 1 is 1.06 bits per heavy atom. The van der Waals surface area contributed by atoms with Crippen molar-refractivity contribution in [1.29, 1.82) is 0 Å². The number of halogens is 3. The molecule has 0 aliphatic heterocycles. The fraction of sp³-hybridized carbons (Fsp3) is 0.208. The van der Waals surface area contributed by atoms with Crippen LogP contribution in [0.15, 0.2) is 60.7 Å². The van der Waals surface area contributed by atoms with Crippen LogP contribution in [0.4, 0.5) is 20.2 Å². The maximum atomic E-state index is 14.4. The molecule has 0 bridgehead atoms. The average Bonchev–Trinajstić information content (AvgIpc) is 2.79. The van der Waals surface area contributed by atoms with E-state index in [0.717, 1.165) is 17.7 Å². The van der Waals surface area contributed by atoms with Gasteiger partial charge in [-0.15, -0.1) is 0 Å². The molecule has 1 amide bonds. The molecule has 9 heteroatoms. The number of hydrogen-bond donors (Lipinski definition) is 4. The molecule has 4 N–H and O–H groups in total. The Balaban J connectivity index is 1.92. The fourth-order valence-electron chi connectivity index (χ4n) is 3.03. The average molecular weight is 568 g/mol. The number of hydrogen-bond acceptors (Lipinski definition) is 5. The smallest absolute Gasteiger partial charge is 0.257 e. The van der Waals surface area contributed by atoms with Crippen molar-refractivity contribution in [2.75, 3.05) is 18.5 Å². The van der Waals surface area contributed by atoms with Gasteiger partial charge in [-0.1, -0.05) is 30.3 Å². The lowest BCUT2D eigenvalue weighted by Crippen LogP contribution is -2.25. The van der Waals surface area contributed by atoms with E-state index in [4.69, 9.17) is 9.84 Å². The van der Waals surface area contributed by atoms with E-state index in [-0.39, 0.29) is 42.3 Å². The SMILES string of the molecule is O=C(NCc1ccccc1)c1c(Nc2ccc(I)cc2F)cc(F)cc1OCC[C@@H](O)CO. The maximum absolute atomic E-state index is 14.4. The topological polar surface area (TPSA) is 90.8 Å². The first-order valence-corrected chi connectivity index (χ1v) is 11.2. The molecule has 1 atom stereocenters. The maximum Gasteiger partial charge on any atom is 0.257 e. The third kappa shape index (κ3) is 7.11. The van der Waals surface area contributed by atoms with Crippen molar-refractivity contribution in [1.82, 2.24) is 5.32 Å². The zero-order valence-corrected chi connectivity index (χ0v) is 19.7. The Bertz CT molecular complexity index is 1100. The highest BCUT2D eigenvalue weighted by Crippen LogP contribution is 2.32. The van der Waals surface area contributed by atoms with Crippen LogP contribution in [0.5, 0.6) is 5.75 Å². The van der Waals surface area contributed by atoms with E-state index in [9.17, 15) is 18.7 Å². The van der Waals surface area contributed by atoms with Crippen LogP contribution in [0.2, 0.25) is 0 Å². The summed E-state index contributed by atoms with van der Waals surface area (Å²) in [7, 11) is 0. The Labute approximate surface area is 203 Å². The van der Waals surface area contributed by atoms with E-state index in [0.29, 0.717) is 3.57 Å². The number of aliphatic hydroxyl groups excluding tert-OH is 2. The van der Waals surface area contributed by atoms with Gasteiger partial charge in [0.25, 0.3) is 5.91 Å². The van der Waals surface area contributed by atoms with Crippen LogP contribution in [0.3, 0.4) is 0 Å². The van der Waals surface area contributed by atoms with Crippen LogP contribution in [0.1, 0.15) is 22.3 Å². The van der Waals surface area contributed by atoms with Crippen LogP contribution in [-0.4, -0.2) is 35.4 Å². The van der Waals surface area contributed by atoms with E-state index in [1.54, 1.807) is 6.07 Å². The highest BCUT2D eigenvalue weighted by atomic mass is 127. The normalized spacial score (nSPS) is 11.7. The molecule has 0 saturated carbocycles. The number of carbonyl (C=O) groups is 1. The minimum atomic E-state index is -1.01. The summed E-state index contributed by atoms with van der Waals surface area (Å²) in [6.07, 6.45) is -0.931. The van der Waals surface area contributed by atoms with Gasteiger partial charge >= 0.3 is 0 Å². The first-order chi connectivity index (χ1) is 15.9. The van der Waals surface area contributed by atoms with Gasteiger partial charge in [0.15, 0.2) is 0 Å². The van der Waals surface area contributed by atoms with Crippen molar-refractivity contribution >= 4 is 39.9 Å². The lowest BCUT2D eigenvalue weighted by molar-refractivity contribution is 0.0750. The molecule has 0 aromatic heterocycles. The molecule has 0 aliphatic rings. The predicted octanol–water partition coefficient (Wildman–Crippen LogP) is 4.37. The summed E-state index contributed by atoms with van der Waals surface area (Å²) in [6, 6.07) is 15.8. The molecular formula is C24H23F2IN2O4. The number of ether oxygens (including phenoxy) is 1. The molecule has 0 unspecified atom stereocenters. The molecule has 0 spiro atoms. The van der Waals surface area contributed by atoms with E-state index in [1.165, 1.54) is 12.1 Å². The van der Waals surface area contributed by atoms with Gasteiger partial charge in [-0.3, -0.25) is 4.79 Å². The molecule has 0 saturated heterocycles. The van der Waals surface area contributed by atoms with Gasteiger partial charge in [0.2, 0.25) is 0 Å². The zero-order valence-electron chi connectivity index (χ0n) is 17.5. The second kappa shape index (κ2) is 11.9. The van der Waals surface area contributed by atoms with E-state index in [1.807, 2.05) is 52.9 Å². The second-order valence-electron chi connectivity index (χ2n) is 7.22. The lowest BCUT2D eigenvalue weighted by atomic mass is 10.1. The van der Waals surface area contributed by atoms with Crippen LogP contribution >= 0.6 is 22.6 Å². The monoisotopic (exact) mass is 568 g/mol. The van der Waals surface area contributed by atoms with Gasteiger partial charge in [0.05, 0.1) is 30.7 Å².